The Morgan fingerprint density at radius 3 is 2.71 bits per heavy atom. The van der Waals surface area contributed by atoms with Gasteiger partial charge in [-0.1, -0.05) is 11.6 Å². The molecule has 0 fully saturated rings. The van der Waals surface area contributed by atoms with E-state index in [1.54, 1.807) is 11.3 Å². The van der Waals surface area contributed by atoms with Crippen LogP contribution >= 0.6 is 34.5 Å². The molecule has 0 saturated carbocycles. The largest absolute Gasteiger partial charge is 0.224 e. The van der Waals surface area contributed by atoms with E-state index in [0.717, 1.165) is 16.8 Å². The summed E-state index contributed by atoms with van der Waals surface area (Å²) < 4.78 is 0. The van der Waals surface area contributed by atoms with Gasteiger partial charge in [0.05, 0.1) is 5.69 Å². The summed E-state index contributed by atoms with van der Waals surface area (Å²) >= 11 is 13.2. The molecular formula is C9H6Cl2N2S. The third-order valence-electron chi connectivity index (χ3n) is 1.85. The van der Waals surface area contributed by atoms with E-state index < -0.39 is 0 Å². The van der Waals surface area contributed by atoms with E-state index in [1.165, 1.54) is 0 Å². The summed E-state index contributed by atoms with van der Waals surface area (Å²) in [5, 5.41) is 4.58. The third kappa shape index (κ3) is 1.75. The first-order chi connectivity index (χ1) is 6.68. The molecule has 0 unspecified atom stereocenters. The lowest BCUT2D eigenvalue weighted by Crippen LogP contribution is -1.92. The standard InChI is InChI=1S/C9H6Cl2N2S/c1-5-7(6-2-3-14-4-6)12-9(11)13-8(5)10/h2-4H,1H3. The first-order valence-corrected chi connectivity index (χ1v) is 5.60. The molecule has 0 aliphatic heterocycles. The van der Waals surface area contributed by atoms with E-state index in [9.17, 15) is 0 Å². The minimum atomic E-state index is 0.182. The quantitative estimate of drug-likeness (QED) is 0.563. The zero-order valence-corrected chi connectivity index (χ0v) is 9.62. The van der Waals surface area contributed by atoms with Gasteiger partial charge in [-0.2, -0.15) is 11.3 Å². The van der Waals surface area contributed by atoms with Gasteiger partial charge < -0.3 is 0 Å². The van der Waals surface area contributed by atoms with Gasteiger partial charge in [-0.3, -0.25) is 0 Å². The van der Waals surface area contributed by atoms with Crippen molar-refractivity contribution < 1.29 is 0 Å². The Morgan fingerprint density at radius 1 is 1.29 bits per heavy atom. The molecule has 0 atom stereocenters. The molecule has 72 valence electrons. The number of thiophene rings is 1. The highest BCUT2D eigenvalue weighted by Crippen LogP contribution is 2.28. The Labute approximate surface area is 95.5 Å². The summed E-state index contributed by atoms with van der Waals surface area (Å²) in [7, 11) is 0. The summed E-state index contributed by atoms with van der Waals surface area (Å²) in [5.74, 6) is 0. The highest BCUT2D eigenvalue weighted by atomic mass is 35.5. The zero-order valence-electron chi connectivity index (χ0n) is 7.29. The lowest BCUT2D eigenvalue weighted by molar-refractivity contribution is 1.14. The molecule has 0 spiro atoms. The average molecular weight is 245 g/mol. The molecule has 2 rings (SSSR count). The van der Waals surface area contributed by atoms with Crippen LogP contribution < -0.4 is 0 Å². The number of nitrogens with zero attached hydrogens (tertiary/aromatic N) is 2. The van der Waals surface area contributed by atoms with E-state index in [2.05, 4.69) is 9.97 Å². The van der Waals surface area contributed by atoms with E-state index in [-0.39, 0.29) is 5.28 Å². The number of halogens is 2. The highest BCUT2D eigenvalue weighted by molar-refractivity contribution is 7.08. The summed E-state index contributed by atoms with van der Waals surface area (Å²) in [6.45, 7) is 1.88. The molecule has 0 amide bonds. The molecule has 2 aromatic heterocycles. The first-order valence-electron chi connectivity index (χ1n) is 3.90. The van der Waals surface area contributed by atoms with Gasteiger partial charge in [-0.05, 0) is 30.0 Å². The van der Waals surface area contributed by atoms with Gasteiger partial charge in [-0.25, -0.2) is 9.97 Å². The molecular weight excluding hydrogens is 239 g/mol. The van der Waals surface area contributed by atoms with E-state index >= 15 is 0 Å². The fourth-order valence-electron chi connectivity index (χ4n) is 1.14. The van der Waals surface area contributed by atoms with Crippen molar-refractivity contribution in [3.63, 3.8) is 0 Å². The fourth-order valence-corrected chi connectivity index (χ4v) is 2.17. The molecule has 0 radical (unpaired) electrons. The Hall–Kier alpha value is -0.640. The van der Waals surface area contributed by atoms with E-state index in [1.807, 2.05) is 23.8 Å². The molecule has 0 aromatic carbocycles. The van der Waals surface area contributed by atoms with Crippen molar-refractivity contribution in [1.82, 2.24) is 9.97 Å². The maximum Gasteiger partial charge on any atom is 0.224 e. The Bertz CT molecular complexity index is 454. The van der Waals surface area contributed by atoms with Crippen LogP contribution in [0.25, 0.3) is 11.3 Å². The van der Waals surface area contributed by atoms with Gasteiger partial charge >= 0.3 is 0 Å². The first kappa shape index (κ1) is 9.90. The molecule has 5 heteroatoms. The van der Waals surface area contributed by atoms with Crippen LogP contribution in [0.4, 0.5) is 0 Å². The van der Waals surface area contributed by atoms with Crippen LogP contribution in [0.5, 0.6) is 0 Å². The summed E-state index contributed by atoms with van der Waals surface area (Å²) in [6, 6.07) is 1.98. The predicted molar refractivity (Wildman–Crippen MR) is 60.1 cm³/mol. The lowest BCUT2D eigenvalue weighted by Gasteiger charge is -2.04. The van der Waals surface area contributed by atoms with E-state index in [4.69, 9.17) is 23.2 Å². The normalized spacial score (nSPS) is 10.5. The average Bonchev–Trinajstić information content (AvgIpc) is 2.63. The number of hydrogen-bond acceptors (Lipinski definition) is 3. The van der Waals surface area contributed by atoms with Gasteiger partial charge in [0.25, 0.3) is 0 Å². The SMILES string of the molecule is Cc1c(Cl)nc(Cl)nc1-c1ccsc1. The minimum absolute atomic E-state index is 0.182. The van der Waals surface area contributed by atoms with Crippen molar-refractivity contribution in [2.75, 3.05) is 0 Å². The predicted octanol–water partition coefficient (Wildman–Crippen LogP) is 3.82. The van der Waals surface area contributed by atoms with Gasteiger partial charge in [0.15, 0.2) is 0 Å². The fraction of sp³-hybridized carbons (Fsp3) is 0.111. The van der Waals surface area contributed by atoms with Crippen LogP contribution in [0.2, 0.25) is 10.4 Å². The maximum absolute atomic E-state index is 5.90. The van der Waals surface area contributed by atoms with Gasteiger partial charge in [0.1, 0.15) is 5.15 Å². The summed E-state index contributed by atoms with van der Waals surface area (Å²) in [4.78, 5) is 8.02. The Balaban J connectivity index is 2.64. The van der Waals surface area contributed by atoms with Crippen molar-refractivity contribution in [2.24, 2.45) is 0 Å². The van der Waals surface area contributed by atoms with Gasteiger partial charge in [-0.15, -0.1) is 0 Å². The van der Waals surface area contributed by atoms with Crippen LogP contribution in [0.15, 0.2) is 16.8 Å². The maximum atomic E-state index is 5.90. The monoisotopic (exact) mass is 244 g/mol. The van der Waals surface area contributed by atoms with Crippen LogP contribution in [0.1, 0.15) is 5.56 Å². The second kappa shape index (κ2) is 3.85. The molecule has 0 bridgehead atoms. The smallest absolute Gasteiger partial charge is 0.217 e. The molecule has 0 aliphatic rings. The second-order valence-corrected chi connectivity index (χ2v) is 4.25. The Morgan fingerprint density at radius 2 is 2.07 bits per heavy atom. The third-order valence-corrected chi connectivity index (χ3v) is 3.07. The Kier molecular flexibility index (Phi) is 2.72. The van der Waals surface area contributed by atoms with Crippen molar-refractivity contribution >= 4 is 34.5 Å². The highest BCUT2D eigenvalue weighted by Gasteiger charge is 2.10. The topological polar surface area (TPSA) is 25.8 Å². The van der Waals surface area contributed by atoms with Crippen LogP contribution in [0.3, 0.4) is 0 Å². The van der Waals surface area contributed by atoms with Crippen molar-refractivity contribution in [3.05, 3.63) is 32.8 Å². The number of rotatable bonds is 1. The molecule has 2 aromatic rings. The van der Waals surface area contributed by atoms with Gasteiger partial charge in [0.2, 0.25) is 5.28 Å². The lowest BCUT2D eigenvalue weighted by atomic mass is 10.1. The molecule has 14 heavy (non-hydrogen) atoms. The zero-order chi connectivity index (χ0) is 10.1. The number of aromatic nitrogens is 2. The van der Waals surface area contributed by atoms with Crippen LogP contribution in [-0.4, -0.2) is 9.97 Å². The minimum Gasteiger partial charge on any atom is -0.217 e. The van der Waals surface area contributed by atoms with Crippen molar-refractivity contribution in [1.29, 1.82) is 0 Å². The summed E-state index contributed by atoms with van der Waals surface area (Å²) in [5.41, 5.74) is 2.68. The molecule has 0 saturated heterocycles. The second-order valence-electron chi connectivity index (χ2n) is 2.77. The number of hydrogen-bond donors (Lipinski definition) is 0. The molecule has 0 aliphatic carbocycles. The summed E-state index contributed by atoms with van der Waals surface area (Å²) in [6.07, 6.45) is 0. The molecule has 2 nitrogen and oxygen atoms in total. The van der Waals surface area contributed by atoms with Crippen LogP contribution in [-0.2, 0) is 0 Å². The molecule has 0 N–H and O–H groups in total. The molecule has 2 heterocycles. The van der Waals surface area contributed by atoms with E-state index in [0.29, 0.717) is 5.15 Å². The van der Waals surface area contributed by atoms with Crippen LogP contribution in [0, 0.1) is 6.92 Å². The van der Waals surface area contributed by atoms with Crippen molar-refractivity contribution in [2.45, 2.75) is 6.92 Å². The van der Waals surface area contributed by atoms with Gasteiger partial charge in [0, 0.05) is 16.5 Å². The van der Waals surface area contributed by atoms with Crippen molar-refractivity contribution in [3.8, 4) is 11.3 Å².